The molecule has 1 fully saturated rings. The molecule has 0 spiro atoms. The number of likely N-dealkylation sites (tertiary alicyclic amines) is 1. The zero-order chi connectivity index (χ0) is 27.1. The molecule has 1 aliphatic rings. The fourth-order valence-electron chi connectivity index (χ4n) is 5.11. The summed E-state index contributed by atoms with van der Waals surface area (Å²) in [6, 6.07) is 13.1. The van der Waals surface area contributed by atoms with Crippen molar-refractivity contribution >= 4 is 51.8 Å². The maximum atomic E-state index is 15.7. The Morgan fingerprint density at radius 2 is 2.00 bits per heavy atom. The summed E-state index contributed by atoms with van der Waals surface area (Å²) in [5.41, 5.74) is 1.97. The van der Waals surface area contributed by atoms with E-state index in [1.807, 2.05) is 29.7 Å². The maximum Gasteiger partial charge on any atom is 0.249 e. The van der Waals surface area contributed by atoms with Gasteiger partial charge < -0.3 is 9.64 Å². The first-order valence-electron chi connectivity index (χ1n) is 12.7. The molecule has 0 aliphatic carbocycles. The van der Waals surface area contributed by atoms with Crippen molar-refractivity contribution in [3.05, 3.63) is 64.3 Å². The minimum absolute atomic E-state index is 0.0952. The van der Waals surface area contributed by atoms with Crippen LogP contribution in [0.1, 0.15) is 43.8 Å². The Hall–Kier alpha value is -2.10. The largest absolute Gasteiger partial charge is 0.497 e. The number of nitrogens with zero attached hydrogens (tertiary/aromatic N) is 2. The van der Waals surface area contributed by atoms with E-state index < -0.39 is 17.5 Å². The number of benzene rings is 2. The fourth-order valence-corrected chi connectivity index (χ4v) is 6.55. The monoisotopic (exact) mass is 579 g/mol. The Balaban J connectivity index is 1.36. The Kier molecular flexibility index (Phi) is 10.1. The van der Waals surface area contributed by atoms with Crippen molar-refractivity contribution in [2.45, 2.75) is 43.2 Å². The van der Waals surface area contributed by atoms with E-state index in [0.29, 0.717) is 54.6 Å². The molecule has 0 bridgehead atoms. The van der Waals surface area contributed by atoms with Crippen LogP contribution in [0.25, 0.3) is 10.9 Å². The lowest BCUT2D eigenvalue weighted by Gasteiger charge is -2.40. The number of pyridine rings is 1. The van der Waals surface area contributed by atoms with Crippen LogP contribution in [-0.2, 0) is 4.79 Å². The summed E-state index contributed by atoms with van der Waals surface area (Å²) in [4.78, 5) is 20.5. The smallest absolute Gasteiger partial charge is 0.249 e. The molecule has 1 saturated heterocycles. The topological polar surface area (TPSA) is 74.7 Å². The van der Waals surface area contributed by atoms with Crippen molar-refractivity contribution in [3.8, 4) is 5.75 Å². The van der Waals surface area contributed by atoms with Crippen molar-refractivity contribution in [2.75, 3.05) is 32.5 Å². The van der Waals surface area contributed by atoms with Crippen molar-refractivity contribution in [2.24, 2.45) is 5.41 Å². The summed E-state index contributed by atoms with van der Waals surface area (Å²) in [6.45, 7) is 2.31. The van der Waals surface area contributed by atoms with Gasteiger partial charge in [0.25, 0.3) is 0 Å². The SMILES string of the molecule is COc1ccc2ncc(Cl)c(C(F)CCC3(C(=O)NO)CCN(CCCSc4ccccc4Cl)CC3)c2c1. The number of halogens is 3. The molecular formula is C28H32Cl2FN3O3S. The first-order chi connectivity index (χ1) is 18.4. The number of thioether (sulfide) groups is 1. The van der Waals surface area contributed by atoms with Crippen molar-refractivity contribution in [1.29, 1.82) is 0 Å². The second-order valence-electron chi connectivity index (χ2n) is 9.60. The number of hydrogen-bond acceptors (Lipinski definition) is 6. The highest BCUT2D eigenvalue weighted by molar-refractivity contribution is 7.99. The van der Waals surface area contributed by atoms with E-state index in [9.17, 15) is 10.0 Å². The molecule has 1 atom stereocenters. The van der Waals surface area contributed by atoms with Gasteiger partial charge in [-0.2, -0.15) is 0 Å². The van der Waals surface area contributed by atoms with Crippen molar-refractivity contribution < 1.29 is 19.1 Å². The summed E-state index contributed by atoms with van der Waals surface area (Å²) in [7, 11) is 1.55. The number of ether oxygens (including phenoxy) is 1. The standard InChI is InChI=1S/C28H32Cl2FN3O3S/c1-37-19-7-8-24-20(17-19)26(22(30)18-32-24)23(31)9-10-28(27(35)33-36)11-14-34(15-12-28)13-4-16-38-25-6-3-2-5-21(25)29/h2-3,5-8,17-18,23,36H,4,9-16H2,1H3,(H,33,35). The number of fused-ring (bicyclic) bond motifs is 1. The second-order valence-corrected chi connectivity index (χ2v) is 11.6. The van der Waals surface area contributed by atoms with Gasteiger partial charge in [-0.1, -0.05) is 35.3 Å². The Labute approximate surface area is 236 Å². The van der Waals surface area contributed by atoms with Crippen LogP contribution in [0.3, 0.4) is 0 Å². The van der Waals surface area contributed by atoms with E-state index >= 15 is 4.39 Å². The number of aromatic nitrogens is 1. The number of hydroxylamine groups is 1. The van der Waals surface area contributed by atoms with Crippen LogP contribution in [0.5, 0.6) is 5.75 Å². The maximum absolute atomic E-state index is 15.7. The van der Waals surface area contributed by atoms with E-state index in [1.54, 1.807) is 37.1 Å². The third-order valence-electron chi connectivity index (χ3n) is 7.37. The van der Waals surface area contributed by atoms with Crippen LogP contribution < -0.4 is 10.2 Å². The Morgan fingerprint density at radius 3 is 2.71 bits per heavy atom. The molecule has 2 aromatic carbocycles. The molecule has 10 heteroatoms. The van der Waals surface area contributed by atoms with Gasteiger partial charge in [0.1, 0.15) is 11.9 Å². The van der Waals surface area contributed by atoms with Crippen LogP contribution in [0, 0.1) is 5.41 Å². The molecule has 204 valence electrons. The molecule has 38 heavy (non-hydrogen) atoms. The molecule has 6 nitrogen and oxygen atoms in total. The molecule has 1 amide bonds. The van der Waals surface area contributed by atoms with Gasteiger partial charge in [-0.15, -0.1) is 11.8 Å². The number of piperidine rings is 1. The number of nitrogens with one attached hydrogen (secondary N) is 1. The first kappa shape index (κ1) is 28.9. The molecule has 3 aromatic rings. The fraction of sp³-hybridized carbons (Fsp3) is 0.429. The van der Waals surface area contributed by atoms with Crippen LogP contribution in [-0.4, -0.2) is 53.5 Å². The predicted molar refractivity (Wildman–Crippen MR) is 151 cm³/mol. The number of carbonyl (C=O) groups excluding carboxylic acids is 1. The lowest BCUT2D eigenvalue weighted by molar-refractivity contribution is -0.143. The van der Waals surface area contributed by atoms with Crippen molar-refractivity contribution in [3.63, 3.8) is 0 Å². The quantitative estimate of drug-likeness (QED) is 0.109. The van der Waals surface area contributed by atoms with E-state index in [1.165, 1.54) is 6.20 Å². The lowest BCUT2D eigenvalue weighted by atomic mass is 9.73. The molecule has 1 aliphatic heterocycles. The molecule has 4 rings (SSSR count). The zero-order valence-electron chi connectivity index (χ0n) is 21.3. The normalized spacial score (nSPS) is 16.3. The van der Waals surface area contributed by atoms with E-state index in [0.717, 1.165) is 28.6 Å². The number of hydrogen-bond donors (Lipinski definition) is 2. The highest BCUT2D eigenvalue weighted by Gasteiger charge is 2.41. The summed E-state index contributed by atoms with van der Waals surface area (Å²) in [5, 5.41) is 11.1. The predicted octanol–water partition coefficient (Wildman–Crippen LogP) is 7.11. The summed E-state index contributed by atoms with van der Waals surface area (Å²) in [5.74, 6) is 1.08. The van der Waals surface area contributed by atoms with Crippen molar-refractivity contribution in [1.82, 2.24) is 15.4 Å². The second kappa shape index (κ2) is 13.3. The molecule has 2 N–H and O–H groups in total. The molecule has 0 saturated carbocycles. The number of carbonyl (C=O) groups is 1. The number of alkyl halides is 1. The van der Waals surface area contributed by atoms with Crippen LogP contribution in [0.15, 0.2) is 53.6 Å². The third-order valence-corrected chi connectivity index (χ3v) is 9.27. The molecule has 1 aromatic heterocycles. The third kappa shape index (κ3) is 6.72. The van der Waals surface area contributed by atoms with Gasteiger partial charge in [-0.3, -0.25) is 15.0 Å². The first-order valence-corrected chi connectivity index (χ1v) is 14.4. The van der Waals surface area contributed by atoms with Gasteiger partial charge in [0, 0.05) is 22.0 Å². The van der Waals surface area contributed by atoms with Gasteiger partial charge >= 0.3 is 0 Å². The Bertz CT molecular complexity index is 1260. The minimum atomic E-state index is -1.40. The Morgan fingerprint density at radius 1 is 1.24 bits per heavy atom. The van der Waals surface area contributed by atoms with Gasteiger partial charge in [0.15, 0.2) is 0 Å². The highest BCUT2D eigenvalue weighted by atomic mass is 35.5. The zero-order valence-corrected chi connectivity index (χ0v) is 23.6. The number of methoxy groups -OCH3 is 1. The van der Waals surface area contributed by atoms with Crippen LogP contribution in [0.4, 0.5) is 4.39 Å². The van der Waals surface area contributed by atoms with Crippen LogP contribution in [0.2, 0.25) is 10.0 Å². The van der Waals surface area contributed by atoms with Gasteiger partial charge in [-0.25, -0.2) is 9.87 Å². The summed E-state index contributed by atoms with van der Waals surface area (Å²) < 4.78 is 21.0. The molecule has 1 unspecified atom stereocenters. The van der Waals surface area contributed by atoms with E-state index in [-0.39, 0.29) is 11.4 Å². The molecule has 2 heterocycles. The number of rotatable bonds is 11. The summed E-state index contributed by atoms with van der Waals surface area (Å²) >= 11 is 14.4. The lowest BCUT2D eigenvalue weighted by Crippen LogP contribution is -2.48. The van der Waals surface area contributed by atoms with Gasteiger partial charge in [0.2, 0.25) is 5.91 Å². The molecular weight excluding hydrogens is 548 g/mol. The van der Waals surface area contributed by atoms with E-state index in [2.05, 4.69) is 9.88 Å². The highest BCUT2D eigenvalue weighted by Crippen LogP contribution is 2.42. The summed E-state index contributed by atoms with van der Waals surface area (Å²) in [6.07, 6.45) is 2.52. The van der Waals surface area contributed by atoms with Gasteiger partial charge in [-0.05, 0) is 87.8 Å². The minimum Gasteiger partial charge on any atom is -0.497 e. The van der Waals surface area contributed by atoms with Crippen LogP contribution >= 0.6 is 35.0 Å². The number of amides is 1. The van der Waals surface area contributed by atoms with Gasteiger partial charge in [0.05, 0.1) is 28.1 Å². The average molecular weight is 581 g/mol. The van der Waals surface area contributed by atoms with E-state index in [4.69, 9.17) is 27.9 Å². The molecule has 0 radical (unpaired) electrons. The average Bonchev–Trinajstić information content (AvgIpc) is 2.94.